The van der Waals surface area contributed by atoms with Crippen molar-refractivity contribution in [2.24, 2.45) is 0 Å². The molecule has 0 radical (unpaired) electrons. The van der Waals surface area contributed by atoms with Gasteiger partial charge in [-0.3, -0.25) is 0 Å². The molecule has 0 heterocycles. The van der Waals surface area contributed by atoms with E-state index in [1.165, 1.54) is 5.56 Å². The van der Waals surface area contributed by atoms with Crippen LogP contribution in [0.3, 0.4) is 0 Å². The second-order valence-corrected chi connectivity index (χ2v) is 5.78. The smallest absolute Gasteiger partial charge is 0.133 e. The van der Waals surface area contributed by atoms with Gasteiger partial charge in [0.25, 0.3) is 0 Å². The average Bonchev–Trinajstić information content (AvgIpc) is 2.24. The number of methoxy groups -OCH3 is 1. The summed E-state index contributed by atoms with van der Waals surface area (Å²) in [4.78, 5) is 2.21. The highest BCUT2D eigenvalue weighted by Crippen LogP contribution is 2.27. The minimum absolute atomic E-state index is 0.891. The average molecular weight is 304 g/mol. The molecular formula is C12H18BrNOS. The lowest BCUT2D eigenvalue weighted by atomic mass is 10.2. The Hall–Kier alpha value is -0.190. The second-order valence-electron chi connectivity index (χ2n) is 3.82. The number of ether oxygens (including phenoxy) is 1. The molecule has 90 valence electrons. The van der Waals surface area contributed by atoms with Crippen LogP contribution in [-0.4, -0.2) is 38.4 Å². The predicted molar refractivity (Wildman–Crippen MR) is 75.4 cm³/mol. The number of hydrogen-bond acceptors (Lipinski definition) is 3. The molecule has 0 spiro atoms. The molecule has 0 aliphatic carbocycles. The van der Waals surface area contributed by atoms with Crippen molar-refractivity contribution in [1.82, 2.24) is 4.90 Å². The molecule has 4 heteroatoms. The van der Waals surface area contributed by atoms with Gasteiger partial charge in [-0.05, 0) is 47.7 Å². The molecule has 0 atom stereocenters. The highest BCUT2D eigenvalue weighted by atomic mass is 79.9. The van der Waals surface area contributed by atoms with E-state index in [1.807, 2.05) is 17.8 Å². The number of nitrogens with zero attached hydrogens (tertiary/aromatic N) is 1. The summed E-state index contributed by atoms with van der Waals surface area (Å²) in [5, 5.41) is 0. The number of halogens is 1. The van der Waals surface area contributed by atoms with Gasteiger partial charge in [0.15, 0.2) is 0 Å². The lowest BCUT2D eigenvalue weighted by Crippen LogP contribution is -2.14. The maximum Gasteiger partial charge on any atom is 0.133 e. The standard InChI is InChI=1S/C12H18BrNOS/c1-14(2)6-7-16-9-10-4-5-12(15-3)11(13)8-10/h4-5,8H,6-7,9H2,1-3H3. The Balaban J connectivity index is 2.40. The molecule has 0 bridgehead atoms. The highest BCUT2D eigenvalue weighted by molar-refractivity contribution is 9.10. The van der Waals surface area contributed by atoms with Gasteiger partial charge in [0.1, 0.15) is 5.75 Å². The molecule has 0 aliphatic heterocycles. The van der Waals surface area contributed by atoms with Crippen molar-refractivity contribution in [3.63, 3.8) is 0 Å². The quantitative estimate of drug-likeness (QED) is 0.749. The minimum Gasteiger partial charge on any atom is -0.496 e. The van der Waals surface area contributed by atoms with Gasteiger partial charge in [-0.1, -0.05) is 6.07 Å². The molecule has 0 N–H and O–H groups in total. The van der Waals surface area contributed by atoms with E-state index in [2.05, 4.69) is 47.1 Å². The van der Waals surface area contributed by atoms with Crippen molar-refractivity contribution in [3.05, 3.63) is 28.2 Å². The number of benzene rings is 1. The molecule has 0 saturated carbocycles. The number of hydrogen-bond donors (Lipinski definition) is 0. The molecule has 0 amide bonds. The van der Waals surface area contributed by atoms with E-state index in [-0.39, 0.29) is 0 Å². The van der Waals surface area contributed by atoms with Crippen LogP contribution in [-0.2, 0) is 5.75 Å². The van der Waals surface area contributed by atoms with E-state index < -0.39 is 0 Å². The fourth-order valence-corrected chi connectivity index (χ4v) is 2.88. The summed E-state index contributed by atoms with van der Waals surface area (Å²) in [6, 6.07) is 6.25. The van der Waals surface area contributed by atoms with Crippen LogP contribution in [0.5, 0.6) is 5.75 Å². The van der Waals surface area contributed by atoms with Crippen LogP contribution in [0.4, 0.5) is 0 Å². The minimum atomic E-state index is 0.891. The Morgan fingerprint density at radius 2 is 2.12 bits per heavy atom. The summed E-state index contributed by atoms with van der Waals surface area (Å²) in [6.45, 7) is 1.13. The first-order valence-electron chi connectivity index (χ1n) is 5.18. The number of thioether (sulfide) groups is 1. The van der Waals surface area contributed by atoms with Crippen molar-refractivity contribution in [2.75, 3.05) is 33.5 Å². The van der Waals surface area contributed by atoms with Crippen molar-refractivity contribution in [1.29, 1.82) is 0 Å². The molecular weight excluding hydrogens is 286 g/mol. The predicted octanol–water partition coefficient (Wildman–Crippen LogP) is 3.25. The zero-order valence-electron chi connectivity index (χ0n) is 10.00. The van der Waals surface area contributed by atoms with Crippen LogP contribution in [0.2, 0.25) is 0 Å². The van der Waals surface area contributed by atoms with Crippen molar-refractivity contribution >= 4 is 27.7 Å². The van der Waals surface area contributed by atoms with Crippen molar-refractivity contribution in [2.45, 2.75) is 5.75 Å². The Morgan fingerprint density at radius 3 is 2.69 bits per heavy atom. The third-order valence-electron chi connectivity index (χ3n) is 2.17. The van der Waals surface area contributed by atoms with Crippen LogP contribution in [0, 0.1) is 0 Å². The molecule has 0 aliphatic rings. The molecule has 0 saturated heterocycles. The van der Waals surface area contributed by atoms with E-state index in [9.17, 15) is 0 Å². The lowest BCUT2D eigenvalue weighted by Gasteiger charge is -2.09. The molecule has 0 fully saturated rings. The van der Waals surface area contributed by atoms with Gasteiger partial charge in [-0.25, -0.2) is 0 Å². The zero-order valence-corrected chi connectivity index (χ0v) is 12.4. The lowest BCUT2D eigenvalue weighted by molar-refractivity contribution is 0.412. The maximum atomic E-state index is 5.20. The van der Waals surface area contributed by atoms with E-state index >= 15 is 0 Å². The highest BCUT2D eigenvalue weighted by Gasteiger charge is 2.01. The normalized spacial score (nSPS) is 10.8. The van der Waals surface area contributed by atoms with Gasteiger partial charge in [0.2, 0.25) is 0 Å². The fourth-order valence-electron chi connectivity index (χ4n) is 1.24. The summed E-state index contributed by atoms with van der Waals surface area (Å²) >= 11 is 5.45. The van der Waals surface area contributed by atoms with Gasteiger partial charge < -0.3 is 9.64 Å². The van der Waals surface area contributed by atoms with Crippen molar-refractivity contribution in [3.8, 4) is 5.75 Å². The van der Waals surface area contributed by atoms with Gasteiger partial charge in [0.05, 0.1) is 11.6 Å². The first kappa shape index (κ1) is 13.9. The molecule has 2 nitrogen and oxygen atoms in total. The van der Waals surface area contributed by atoms with E-state index in [4.69, 9.17) is 4.74 Å². The summed E-state index contributed by atoms with van der Waals surface area (Å²) in [7, 11) is 5.89. The third kappa shape index (κ3) is 4.76. The Bertz CT molecular complexity index is 331. The fraction of sp³-hybridized carbons (Fsp3) is 0.500. The molecule has 1 rings (SSSR count). The SMILES string of the molecule is COc1ccc(CSCCN(C)C)cc1Br. The molecule has 16 heavy (non-hydrogen) atoms. The van der Waals surface area contributed by atoms with E-state index in [0.717, 1.165) is 28.3 Å². The molecule has 1 aromatic carbocycles. The van der Waals surface area contributed by atoms with E-state index in [0.29, 0.717) is 0 Å². The van der Waals surface area contributed by atoms with Crippen LogP contribution >= 0.6 is 27.7 Å². The van der Waals surface area contributed by atoms with Gasteiger partial charge in [0, 0.05) is 18.1 Å². The monoisotopic (exact) mass is 303 g/mol. The first-order valence-corrected chi connectivity index (χ1v) is 7.13. The Labute approximate surface area is 110 Å². The summed E-state index contributed by atoms with van der Waals surface area (Å²) < 4.78 is 6.23. The third-order valence-corrected chi connectivity index (χ3v) is 3.80. The second kappa shape index (κ2) is 7.20. The van der Waals surface area contributed by atoms with Crippen LogP contribution in [0.15, 0.2) is 22.7 Å². The molecule has 0 aromatic heterocycles. The van der Waals surface area contributed by atoms with Gasteiger partial charge >= 0.3 is 0 Å². The van der Waals surface area contributed by atoms with Crippen LogP contribution in [0.1, 0.15) is 5.56 Å². The topological polar surface area (TPSA) is 12.5 Å². The summed E-state index contributed by atoms with van der Waals surface area (Å²) in [5.74, 6) is 3.11. The first-order chi connectivity index (χ1) is 7.63. The van der Waals surface area contributed by atoms with Crippen LogP contribution < -0.4 is 4.74 Å². The van der Waals surface area contributed by atoms with Crippen molar-refractivity contribution < 1.29 is 4.74 Å². The van der Waals surface area contributed by atoms with Crippen LogP contribution in [0.25, 0.3) is 0 Å². The Morgan fingerprint density at radius 1 is 1.38 bits per heavy atom. The summed E-state index contributed by atoms with van der Waals surface area (Å²) in [6.07, 6.45) is 0. The van der Waals surface area contributed by atoms with Gasteiger partial charge in [-0.2, -0.15) is 11.8 Å². The summed E-state index contributed by atoms with van der Waals surface area (Å²) in [5.41, 5.74) is 1.33. The number of rotatable bonds is 6. The Kier molecular flexibility index (Phi) is 6.24. The molecule has 1 aromatic rings. The maximum absolute atomic E-state index is 5.20. The van der Waals surface area contributed by atoms with Gasteiger partial charge in [-0.15, -0.1) is 0 Å². The zero-order chi connectivity index (χ0) is 12.0. The molecule has 0 unspecified atom stereocenters. The largest absolute Gasteiger partial charge is 0.496 e. The van der Waals surface area contributed by atoms with E-state index in [1.54, 1.807) is 7.11 Å².